The van der Waals surface area contributed by atoms with Crippen molar-refractivity contribution in [3.05, 3.63) is 11.1 Å². The van der Waals surface area contributed by atoms with Gasteiger partial charge in [-0.3, -0.25) is 4.79 Å². The Labute approximate surface area is 142 Å². The van der Waals surface area contributed by atoms with Crippen molar-refractivity contribution in [1.29, 1.82) is 0 Å². The number of hydrogen-bond donors (Lipinski definition) is 0. The van der Waals surface area contributed by atoms with Crippen LogP contribution in [0.5, 0.6) is 0 Å². The van der Waals surface area contributed by atoms with Gasteiger partial charge in [0.05, 0.1) is 12.5 Å². The molecule has 0 aromatic rings. The molecule has 4 atom stereocenters. The molecule has 3 aliphatic rings. The average Bonchev–Trinajstić information content (AvgIpc) is 2.53. The summed E-state index contributed by atoms with van der Waals surface area (Å²) in [5.74, 6) is 0.479. The van der Waals surface area contributed by atoms with Crippen LogP contribution >= 0.6 is 0 Å². The van der Waals surface area contributed by atoms with Crippen molar-refractivity contribution in [2.75, 3.05) is 7.11 Å². The van der Waals surface area contributed by atoms with E-state index in [9.17, 15) is 4.79 Å². The summed E-state index contributed by atoms with van der Waals surface area (Å²) < 4.78 is 5.22. The first kappa shape index (κ1) is 17.0. The zero-order valence-electron chi connectivity index (χ0n) is 15.8. The molecule has 2 heteroatoms. The van der Waals surface area contributed by atoms with Crippen molar-refractivity contribution < 1.29 is 9.53 Å². The van der Waals surface area contributed by atoms with Gasteiger partial charge < -0.3 is 4.74 Å². The van der Waals surface area contributed by atoms with E-state index in [0.717, 1.165) is 12.8 Å². The zero-order chi connectivity index (χ0) is 16.9. The van der Waals surface area contributed by atoms with Crippen LogP contribution in [-0.2, 0) is 9.53 Å². The minimum Gasteiger partial charge on any atom is -0.469 e. The van der Waals surface area contributed by atoms with E-state index in [2.05, 4.69) is 27.7 Å². The quantitative estimate of drug-likeness (QED) is 0.485. The van der Waals surface area contributed by atoms with E-state index in [1.54, 1.807) is 18.3 Å². The van der Waals surface area contributed by atoms with Crippen LogP contribution < -0.4 is 0 Å². The van der Waals surface area contributed by atoms with Gasteiger partial charge in [-0.2, -0.15) is 0 Å². The third-order valence-electron chi connectivity index (χ3n) is 7.91. The van der Waals surface area contributed by atoms with Gasteiger partial charge in [0.1, 0.15) is 0 Å². The van der Waals surface area contributed by atoms with Gasteiger partial charge in [0.2, 0.25) is 0 Å². The summed E-state index contributed by atoms with van der Waals surface area (Å²) in [7, 11) is 1.56. The van der Waals surface area contributed by atoms with E-state index >= 15 is 0 Å². The third-order valence-corrected chi connectivity index (χ3v) is 7.91. The smallest absolute Gasteiger partial charge is 0.311 e. The zero-order valence-corrected chi connectivity index (χ0v) is 15.8. The van der Waals surface area contributed by atoms with Crippen LogP contribution in [0.2, 0.25) is 0 Å². The molecule has 23 heavy (non-hydrogen) atoms. The van der Waals surface area contributed by atoms with E-state index in [1.807, 2.05) is 0 Å². The minimum atomic E-state index is -0.286. The fourth-order valence-electron chi connectivity index (χ4n) is 6.21. The Morgan fingerprint density at radius 3 is 2.57 bits per heavy atom. The van der Waals surface area contributed by atoms with E-state index in [1.165, 1.54) is 44.9 Å². The summed E-state index contributed by atoms with van der Waals surface area (Å²) in [5, 5.41) is 0. The molecule has 130 valence electrons. The summed E-state index contributed by atoms with van der Waals surface area (Å²) in [6.45, 7) is 9.44. The monoisotopic (exact) mass is 318 g/mol. The summed E-state index contributed by atoms with van der Waals surface area (Å²) in [5.41, 5.74) is 3.92. The second-order valence-corrected chi connectivity index (χ2v) is 9.19. The van der Waals surface area contributed by atoms with Gasteiger partial charge in [-0.1, -0.05) is 44.8 Å². The second-order valence-electron chi connectivity index (χ2n) is 9.19. The van der Waals surface area contributed by atoms with Crippen LogP contribution in [0, 0.1) is 22.2 Å². The lowest BCUT2D eigenvalue weighted by Crippen LogP contribution is -2.51. The molecule has 0 aromatic carbocycles. The van der Waals surface area contributed by atoms with Crippen molar-refractivity contribution in [2.45, 2.75) is 85.5 Å². The number of carbonyl (C=O) groups is 1. The summed E-state index contributed by atoms with van der Waals surface area (Å²) in [6, 6.07) is 0. The maximum Gasteiger partial charge on any atom is 0.311 e. The number of methoxy groups -OCH3 is 1. The average molecular weight is 319 g/mol. The first-order valence-corrected chi connectivity index (χ1v) is 9.59. The molecule has 0 unspecified atom stereocenters. The van der Waals surface area contributed by atoms with Crippen molar-refractivity contribution in [2.24, 2.45) is 22.2 Å². The molecule has 0 saturated heterocycles. The molecule has 3 aliphatic carbocycles. The second kappa shape index (κ2) is 5.63. The third kappa shape index (κ3) is 2.48. The molecule has 0 heterocycles. The number of ether oxygens (including phenoxy) is 1. The van der Waals surface area contributed by atoms with Crippen LogP contribution in [0.4, 0.5) is 0 Å². The molecule has 0 bridgehead atoms. The van der Waals surface area contributed by atoms with Gasteiger partial charge >= 0.3 is 5.97 Å². The molecule has 0 spiro atoms. The molecule has 0 N–H and O–H groups in total. The Balaban J connectivity index is 1.98. The van der Waals surface area contributed by atoms with Gasteiger partial charge in [0.15, 0.2) is 0 Å². The van der Waals surface area contributed by atoms with Crippen LogP contribution in [-0.4, -0.2) is 13.1 Å². The summed E-state index contributed by atoms with van der Waals surface area (Å²) in [6.07, 6.45) is 10.9. The standard InChI is InChI=1S/C21H34O2/c1-6-19(2)13-10-16-15(14-19)8-9-17-20(16,3)11-7-12-21(17,4)18(22)23-5/h17H,6-14H2,1-5H3/t17-,19+,20-,21-/m1/s1. The normalized spacial score (nSPS) is 43.6. The van der Waals surface area contributed by atoms with Crippen molar-refractivity contribution in [3.63, 3.8) is 0 Å². The first-order valence-electron chi connectivity index (χ1n) is 9.59. The summed E-state index contributed by atoms with van der Waals surface area (Å²) >= 11 is 0. The van der Waals surface area contributed by atoms with Crippen molar-refractivity contribution in [1.82, 2.24) is 0 Å². The highest BCUT2D eigenvalue weighted by atomic mass is 16.5. The van der Waals surface area contributed by atoms with Crippen LogP contribution in [0.1, 0.15) is 85.5 Å². The maximum atomic E-state index is 12.6. The highest BCUT2D eigenvalue weighted by Crippen LogP contribution is 2.63. The molecule has 0 aromatic heterocycles. The van der Waals surface area contributed by atoms with Gasteiger partial charge in [0.25, 0.3) is 0 Å². The molecule has 0 amide bonds. The van der Waals surface area contributed by atoms with Gasteiger partial charge in [-0.15, -0.1) is 0 Å². The SMILES string of the molecule is CC[C@@]1(C)CCC2=C(CC[C@H]3[C@](C)(C(=O)OC)CCC[C@]23C)C1. The molecule has 1 fully saturated rings. The van der Waals surface area contributed by atoms with Gasteiger partial charge in [-0.05, 0) is 68.6 Å². The largest absolute Gasteiger partial charge is 0.469 e. The Morgan fingerprint density at radius 1 is 1.17 bits per heavy atom. The molecule has 2 nitrogen and oxygen atoms in total. The molecular weight excluding hydrogens is 284 g/mol. The number of esters is 1. The lowest BCUT2D eigenvalue weighted by Gasteiger charge is -2.57. The molecule has 3 rings (SSSR count). The number of fused-ring (bicyclic) bond motifs is 2. The summed E-state index contributed by atoms with van der Waals surface area (Å²) in [4.78, 5) is 12.6. The van der Waals surface area contributed by atoms with Gasteiger partial charge in [0, 0.05) is 0 Å². The molecular formula is C21H34O2. The van der Waals surface area contributed by atoms with Crippen molar-refractivity contribution in [3.8, 4) is 0 Å². The predicted molar refractivity (Wildman–Crippen MR) is 94.1 cm³/mol. The fraction of sp³-hybridized carbons (Fsp3) is 0.857. The fourth-order valence-corrected chi connectivity index (χ4v) is 6.21. The lowest BCUT2D eigenvalue weighted by atomic mass is 9.47. The van der Waals surface area contributed by atoms with Crippen LogP contribution in [0.15, 0.2) is 11.1 Å². The van der Waals surface area contributed by atoms with Crippen molar-refractivity contribution >= 4 is 5.97 Å². The molecule has 0 radical (unpaired) electrons. The number of carbonyl (C=O) groups excluding carboxylic acids is 1. The topological polar surface area (TPSA) is 26.3 Å². The van der Waals surface area contributed by atoms with E-state index in [0.29, 0.717) is 11.3 Å². The van der Waals surface area contributed by atoms with E-state index in [-0.39, 0.29) is 16.8 Å². The Hall–Kier alpha value is -0.790. The van der Waals surface area contributed by atoms with E-state index < -0.39 is 0 Å². The number of rotatable bonds is 2. The molecule has 0 aliphatic heterocycles. The highest BCUT2D eigenvalue weighted by molar-refractivity contribution is 5.77. The van der Waals surface area contributed by atoms with Crippen LogP contribution in [0.3, 0.4) is 0 Å². The highest BCUT2D eigenvalue weighted by Gasteiger charge is 2.56. The minimum absolute atomic E-state index is 0.0201. The first-order chi connectivity index (χ1) is 10.8. The number of hydrogen-bond acceptors (Lipinski definition) is 2. The maximum absolute atomic E-state index is 12.6. The Bertz CT molecular complexity index is 534. The molecule has 1 saturated carbocycles. The van der Waals surface area contributed by atoms with Gasteiger partial charge in [-0.25, -0.2) is 0 Å². The van der Waals surface area contributed by atoms with E-state index in [4.69, 9.17) is 4.74 Å². The van der Waals surface area contributed by atoms with Crippen LogP contribution in [0.25, 0.3) is 0 Å². The Morgan fingerprint density at radius 2 is 1.91 bits per heavy atom. The lowest BCUT2D eigenvalue weighted by molar-refractivity contribution is -0.163. The predicted octanol–water partition coefficient (Wildman–Crippen LogP) is 5.66. The number of allylic oxidation sites excluding steroid dienone is 2. The Kier molecular flexibility index (Phi) is 4.18.